The van der Waals surface area contributed by atoms with E-state index < -0.39 is 0 Å². The first kappa shape index (κ1) is 9.37. The molecule has 0 radical (unpaired) electrons. The van der Waals surface area contributed by atoms with Crippen molar-refractivity contribution in [2.75, 3.05) is 0 Å². The fraction of sp³-hybridized carbons (Fsp3) is 0.231. The van der Waals surface area contributed by atoms with Crippen LogP contribution < -0.4 is 5.73 Å². The van der Waals surface area contributed by atoms with E-state index in [0.717, 1.165) is 17.3 Å². The highest BCUT2D eigenvalue weighted by Gasteiger charge is 2.40. The molecule has 0 unspecified atom stereocenters. The number of fused-ring (bicyclic) bond motifs is 1. The number of nitrogens with two attached hydrogens (primary N) is 1. The maximum atomic E-state index is 6.26. The molecule has 0 aliphatic heterocycles. The summed E-state index contributed by atoms with van der Waals surface area (Å²) in [6.07, 6.45) is 2.23. The lowest BCUT2D eigenvalue weighted by atomic mass is 9.98. The van der Waals surface area contributed by atoms with Gasteiger partial charge < -0.3 is 5.73 Å². The fourth-order valence-electron chi connectivity index (χ4n) is 2.09. The molecule has 0 aromatic heterocycles. The maximum absolute atomic E-state index is 6.26. The molecule has 0 amide bonds. The molecular formula is C13H12BrN. The van der Waals surface area contributed by atoms with Crippen molar-refractivity contribution in [3.05, 3.63) is 46.4 Å². The molecule has 76 valence electrons. The summed E-state index contributed by atoms with van der Waals surface area (Å²) in [5, 5.41) is 2.55. The Morgan fingerprint density at radius 1 is 1.13 bits per heavy atom. The summed E-state index contributed by atoms with van der Waals surface area (Å²) >= 11 is 3.49. The largest absolute Gasteiger partial charge is 0.321 e. The molecule has 2 heteroatoms. The Morgan fingerprint density at radius 2 is 1.93 bits per heavy atom. The lowest BCUT2D eigenvalue weighted by molar-refractivity contribution is 0.748. The summed E-state index contributed by atoms with van der Waals surface area (Å²) in [7, 11) is 0. The van der Waals surface area contributed by atoms with Crippen LogP contribution in [0.4, 0.5) is 0 Å². The third-order valence-electron chi connectivity index (χ3n) is 3.17. The van der Waals surface area contributed by atoms with E-state index in [2.05, 4.69) is 52.3 Å². The first-order valence-corrected chi connectivity index (χ1v) is 5.96. The van der Waals surface area contributed by atoms with Crippen LogP contribution in [0.3, 0.4) is 0 Å². The molecule has 1 aliphatic rings. The van der Waals surface area contributed by atoms with Gasteiger partial charge in [0.1, 0.15) is 0 Å². The van der Waals surface area contributed by atoms with Crippen molar-refractivity contribution in [1.29, 1.82) is 0 Å². The number of hydrogen-bond donors (Lipinski definition) is 1. The van der Waals surface area contributed by atoms with Crippen LogP contribution in [-0.2, 0) is 5.54 Å². The van der Waals surface area contributed by atoms with Crippen molar-refractivity contribution in [3.63, 3.8) is 0 Å². The topological polar surface area (TPSA) is 26.0 Å². The lowest BCUT2D eigenvalue weighted by Crippen LogP contribution is -2.18. The van der Waals surface area contributed by atoms with E-state index in [0.29, 0.717) is 0 Å². The summed E-state index contributed by atoms with van der Waals surface area (Å²) in [5.41, 5.74) is 7.51. The zero-order chi connectivity index (χ0) is 10.5. The van der Waals surface area contributed by atoms with Crippen LogP contribution >= 0.6 is 15.9 Å². The standard InChI is InChI=1S/C13H12BrN/c14-10-4-5-11-9(8-10)2-1-3-12(11)13(15)6-7-13/h1-5,8H,6-7,15H2. The van der Waals surface area contributed by atoms with Crippen LogP contribution in [0.5, 0.6) is 0 Å². The third-order valence-corrected chi connectivity index (χ3v) is 3.66. The van der Waals surface area contributed by atoms with E-state index in [1.54, 1.807) is 0 Å². The second-order valence-corrected chi connectivity index (χ2v) is 5.24. The molecule has 3 rings (SSSR count). The minimum absolute atomic E-state index is 0.0483. The molecule has 2 aromatic carbocycles. The minimum Gasteiger partial charge on any atom is -0.321 e. The van der Waals surface area contributed by atoms with E-state index in [1.165, 1.54) is 16.3 Å². The van der Waals surface area contributed by atoms with Crippen molar-refractivity contribution >= 4 is 26.7 Å². The Hall–Kier alpha value is -0.860. The van der Waals surface area contributed by atoms with Gasteiger partial charge in [0.25, 0.3) is 0 Å². The highest BCUT2D eigenvalue weighted by Crippen LogP contribution is 2.45. The number of halogens is 1. The molecule has 2 aromatic rings. The predicted molar refractivity (Wildman–Crippen MR) is 66.7 cm³/mol. The first-order chi connectivity index (χ1) is 7.19. The highest BCUT2D eigenvalue weighted by atomic mass is 79.9. The van der Waals surface area contributed by atoms with Gasteiger partial charge in [0.2, 0.25) is 0 Å². The van der Waals surface area contributed by atoms with E-state index in [9.17, 15) is 0 Å². The Balaban J connectivity index is 2.31. The molecule has 15 heavy (non-hydrogen) atoms. The van der Waals surface area contributed by atoms with Crippen LogP contribution in [0.15, 0.2) is 40.9 Å². The number of benzene rings is 2. The molecule has 2 N–H and O–H groups in total. The fourth-order valence-corrected chi connectivity index (χ4v) is 2.47. The molecule has 1 fully saturated rings. The van der Waals surface area contributed by atoms with Crippen LogP contribution in [-0.4, -0.2) is 0 Å². The van der Waals surface area contributed by atoms with Gasteiger partial charge in [-0.2, -0.15) is 0 Å². The molecule has 0 bridgehead atoms. The summed E-state index contributed by atoms with van der Waals surface area (Å²) < 4.78 is 1.12. The van der Waals surface area contributed by atoms with Gasteiger partial charge in [0.15, 0.2) is 0 Å². The normalized spacial score (nSPS) is 18.0. The van der Waals surface area contributed by atoms with Crippen molar-refractivity contribution in [2.45, 2.75) is 18.4 Å². The van der Waals surface area contributed by atoms with Crippen molar-refractivity contribution in [2.24, 2.45) is 5.73 Å². The maximum Gasteiger partial charge on any atom is 0.0417 e. The Labute approximate surface area is 97.4 Å². The van der Waals surface area contributed by atoms with Crippen molar-refractivity contribution < 1.29 is 0 Å². The van der Waals surface area contributed by atoms with E-state index in [-0.39, 0.29) is 5.54 Å². The van der Waals surface area contributed by atoms with Gasteiger partial charge in [0, 0.05) is 10.0 Å². The zero-order valence-electron chi connectivity index (χ0n) is 8.33. The number of hydrogen-bond acceptors (Lipinski definition) is 1. The highest BCUT2D eigenvalue weighted by molar-refractivity contribution is 9.10. The first-order valence-electron chi connectivity index (χ1n) is 5.17. The van der Waals surface area contributed by atoms with Gasteiger partial charge in [0.05, 0.1) is 0 Å². The van der Waals surface area contributed by atoms with Gasteiger partial charge in [-0.15, -0.1) is 0 Å². The average molecular weight is 262 g/mol. The Bertz CT molecular complexity index is 529. The van der Waals surface area contributed by atoms with Gasteiger partial charge in [-0.05, 0) is 41.3 Å². The SMILES string of the molecule is NC1(c2cccc3cc(Br)ccc23)CC1. The smallest absolute Gasteiger partial charge is 0.0417 e. The molecule has 0 spiro atoms. The van der Waals surface area contributed by atoms with E-state index in [1.807, 2.05) is 0 Å². The van der Waals surface area contributed by atoms with Gasteiger partial charge in [-0.25, -0.2) is 0 Å². The summed E-state index contributed by atoms with van der Waals surface area (Å²) in [6, 6.07) is 12.8. The van der Waals surface area contributed by atoms with Gasteiger partial charge in [-0.1, -0.05) is 40.2 Å². The van der Waals surface area contributed by atoms with Crippen LogP contribution in [0.25, 0.3) is 10.8 Å². The molecule has 0 atom stereocenters. The quantitative estimate of drug-likeness (QED) is 0.835. The average Bonchev–Trinajstić information content (AvgIpc) is 2.96. The molecule has 1 nitrogen and oxygen atoms in total. The molecule has 1 saturated carbocycles. The molecule has 0 saturated heterocycles. The van der Waals surface area contributed by atoms with Gasteiger partial charge >= 0.3 is 0 Å². The van der Waals surface area contributed by atoms with Crippen LogP contribution in [0, 0.1) is 0 Å². The number of rotatable bonds is 1. The second-order valence-electron chi connectivity index (χ2n) is 4.33. The van der Waals surface area contributed by atoms with Gasteiger partial charge in [-0.3, -0.25) is 0 Å². The van der Waals surface area contributed by atoms with Crippen molar-refractivity contribution in [1.82, 2.24) is 0 Å². The predicted octanol–water partition coefficient (Wildman–Crippen LogP) is 3.55. The van der Waals surface area contributed by atoms with Crippen LogP contribution in [0.2, 0.25) is 0 Å². The summed E-state index contributed by atoms with van der Waals surface area (Å²) in [4.78, 5) is 0. The Morgan fingerprint density at radius 3 is 2.67 bits per heavy atom. The summed E-state index contributed by atoms with van der Waals surface area (Å²) in [5.74, 6) is 0. The van der Waals surface area contributed by atoms with E-state index >= 15 is 0 Å². The van der Waals surface area contributed by atoms with Crippen LogP contribution in [0.1, 0.15) is 18.4 Å². The Kier molecular flexibility index (Phi) is 1.91. The molecule has 1 aliphatic carbocycles. The lowest BCUT2D eigenvalue weighted by Gasteiger charge is -2.12. The summed E-state index contributed by atoms with van der Waals surface area (Å²) in [6.45, 7) is 0. The van der Waals surface area contributed by atoms with E-state index in [4.69, 9.17) is 5.73 Å². The third kappa shape index (κ3) is 1.48. The monoisotopic (exact) mass is 261 g/mol. The minimum atomic E-state index is -0.0483. The molecule has 0 heterocycles. The zero-order valence-corrected chi connectivity index (χ0v) is 9.92. The molecular weight excluding hydrogens is 250 g/mol. The van der Waals surface area contributed by atoms with Crippen molar-refractivity contribution in [3.8, 4) is 0 Å². The second kappa shape index (κ2) is 3.06.